The van der Waals surface area contributed by atoms with Crippen LogP contribution in [0.3, 0.4) is 0 Å². The van der Waals surface area contributed by atoms with Gasteiger partial charge in [-0.15, -0.1) is 0 Å². The summed E-state index contributed by atoms with van der Waals surface area (Å²) in [6.07, 6.45) is 1.55. The molecule has 0 bridgehead atoms. The van der Waals surface area contributed by atoms with Crippen LogP contribution in [-0.4, -0.2) is 18.0 Å². The maximum Gasteiger partial charge on any atom is 0.316 e. The van der Waals surface area contributed by atoms with E-state index in [0.717, 1.165) is 16.7 Å². The molecule has 0 aliphatic carbocycles. The molecule has 1 aromatic heterocycles. The first-order valence-electron chi connectivity index (χ1n) is 9.75. The molecule has 0 aliphatic heterocycles. The zero-order chi connectivity index (χ0) is 21.6. The molecule has 29 heavy (non-hydrogen) atoms. The van der Waals surface area contributed by atoms with E-state index in [0.29, 0.717) is 5.76 Å². The smallest absolute Gasteiger partial charge is 0.316 e. The Balaban J connectivity index is 2.02. The largest absolute Gasteiger partial charge is 0.467 e. The number of hydrogen-bond donors (Lipinski definition) is 3. The van der Waals surface area contributed by atoms with Crippen LogP contribution in [0.15, 0.2) is 53.7 Å². The minimum absolute atomic E-state index is 0.0767. The lowest BCUT2D eigenvalue weighted by atomic mass is 9.92. The van der Waals surface area contributed by atoms with Crippen LogP contribution in [0.25, 0.3) is 5.57 Å². The Labute approximate surface area is 172 Å². The zero-order valence-corrected chi connectivity index (χ0v) is 17.8. The zero-order valence-electron chi connectivity index (χ0n) is 17.8. The van der Waals surface area contributed by atoms with Crippen molar-refractivity contribution in [2.75, 3.05) is 0 Å². The average Bonchev–Trinajstić information content (AvgIpc) is 3.17. The molecule has 0 radical (unpaired) electrons. The quantitative estimate of drug-likeness (QED) is 0.625. The van der Waals surface area contributed by atoms with Crippen molar-refractivity contribution in [3.8, 4) is 0 Å². The minimum Gasteiger partial charge on any atom is -0.467 e. The first-order chi connectivity index (χ1) is 13.6. The van der Waals surface area contributed by atoms with Gasteiger partial charge in [0.1, 0.15) is 11.8 Å². The van der Waals surface area contributed by atoms with Crippen molar-refractivity contribution in [1.29, 1.82) is 0 Å². The number of rotatable bonds is 8. The normalized spacial score (nSPS) is 12.3. The molecular formula is C23H31N3O3. The standard InChI is InChI=1S/C23H31N3O3/c1-15(2)17-9-7-10-18(13-17)23(5,6)26-22(28)25-20(16(3)4)21(27)24-14-19-11-8-12-29-19/h7-13,16,20H,1,14H2,2-6H3,(H,24,27)(H2,25,26,28)/t20-/m0/s1. The van der Waals surface area contributed by atoms with Crippen molar-refractivity contribution >= 4 is 17.5 Å². The average molecular weight is 398 g/mol. The van der Waals surface area contributed by atoms with E-state index in [1.165, 1.54) is 0 Å². The Morgan fingerprint density at radius 2 is 1.90 bits per heavy atom. The SMILES string of the molecule is C=C(C)c1cccc(C(C)(C)NC(=O)N[C@H](C(=O)NCc2ccco2)C(C)C)c1. The molecule has 0 aliphatic rings. The van der Waals surface area contributed by atoms with Crippen molar-refractivity contribution in [3.05, 3.63) is 66.1 Å². The number of furan rings is 1. The van der Waals surface area contributed by atoms with Gasteiger partial charge in [-0.3, -0.25) is 4.79 Å². The Hall–Kier alpha value is -3.02. The molecular weight excluding hydrogens is 366 g/mol. The highest BCUT2D eigenvalue weighted by atomic mass is 16.3. The summed E-state index contributed by atoms with van der Waals surface area (Å²) in [5, 5.41) is 8.57. The topological polar surface area (TPSA) is 83.4 Å². The Morgan fingerprint density at radius 3 is 2.48 bits per heavy atom. The van der Waals surface area contributed by atoms with Crippen molar-refractivity contribution in [2.24, 2.45) is 5.92 Å². The fraction of sp³-hybridized carbons (Fsp3) is 0.391. The van der Waals surface area contributed by atoms with Crippen molar-refractivity contribution in [1.82, 2.24) is 16.0 Å². The van der Waals surface area contributed by atoms with Gasteiger partial charge in [-0.2, -0.15) is 0 Å². The second-order valence-corrected chi connectivity index (χ2v) is 8.10. The lowest BCUT2D eigenvalue weighted by Crippen LogP contribution is -2.55. The first-order valence-corrected chi connectivity index (χ1v) is 9.75. The van der Waals surface area contributed by atoms with Crippen LogP contribution in [0.5, 0.6) is 0 Å². The molecule has 0 saturated heterocycles. The van der Waals surface area contributed by atoms with Crippen molar-refractivity contribution < 1.29 is 14.0 Å². The summed E-state index contributed by atoms with van der Waals surface area (Å²) < 4.78 is 5.23. The molecule has 3 N–H and O–H groups in total. The van der Waals surface area contributed by atoms with Crippen LogP contribution in [0.1, 0.15) is 51.5 Å². The summed E-state index contributed by atoms with van der Waals surface area (Å²) in [6, 6.07) is 10.4. The summed E-state index contributed by atoms with van der Waals surface area (Å²) in [4.78, 5) is 25.2. The first kappa shape index (κ1) is 22.3. The van der Waals surface area contributed by atoms with E-state index in [1.807, 2.05) is 58.9 Å². The summed E-state index contributed by atoms with van der Waals surface area (Å²) >= 11 is 0. The van der Waals surface area contributed by atoms with Crippen molar-refractivity contribution in [2.45, 2.75) is 52.7 Å². The maximum atomic E-state index is 12.7. The van der Waals surface area contributed by atoms with Gasteiger partial charge in [0.25, 0.3) is 0 Å². The monoisotopic (exact) mass is 397 g/mol. The van der Waals surface area contributed by atoms with Gasteiger partial charge in [-0.05, 0) is 56.0 Å². The van der Waals surface area contributed by atoms with Crippen LogP contribution in [0.4, 0.5) is 4.79 Å². The van der Waals surface area contributed by atoms with E-state index in [-0.39, 0.29) is 18.4 Å². The molecule has 0 saturated carbocycles. The van der Waals surface area contributed by atoms with Gasteiger partial charge in [-0.25, -0.2) is 4.79 Å². The Bertz CT molecular complexity index is 854. The number of urea groups is 1. The van der Waals surface area contributed by atoms with Crippen LogP contribution in [0, 0.1) is 5.92 Å². The highest BCUT2D eigenvalue weighted by Gasteiger charge is 2.28. The number of benzene rings is 1. The molecule has 6 heteroatoms. The number of nitrogens with one attached hydrogen (secondary N) is 3. The number of carbonyl (C=O) groups excluding carboxylic acids is 2. The second-order valence-electron chi connectivity index (χ2n) is 8.10. The molecule has 3 amide bonds. The van der Waals surface area contributed by atoms with Gasteiger partial charge in [0, 0.05) is 0 Å². The van der Waals surface area contributed by atoms with Gasteiger partial charge < -0.3 is 20.4 Å². The summed E-state index contributed by atoms with van der Waals surface area (Å²) in [7, 11) is 0. The third-order valence-corrected chi connectivity index (χ3v) is 4.76. The summed E-state index contributed by atoms with van der Waals surface area (Å²) in [5.74, 6) is 0.324. The van der Waals surface area contributed by atoms with E-state index in [4.69, 9.17) is 4.42 Å². The van der Waals surface area contributed by atoms with E-state index in [9.17, 15) is 9.59 Å². The number of allylic oxidation sites excluding steroid dienone is 1. The molecule has 156 valence electrons. The van der Waals surface area contributed by atoms with Crippen LogP contribution >= 0.6 is 0 Å². The number of carbonyl (C=O) groups is 2. The lowest BCUT2D eigenvalue weighted by Gasteiger charge is -2.29. The second kappa shape index (κ2) is 9.45. The molecule has 1 atom stereocenters. The maximum absolute atomic E-state index is 12.7. The third kappa shape index (κ3) is 6.24. The van der Waals surface area contributed by atoms with Crippen LogP contribution < -0.4 is 16.0 Å². The highest BCUT2D eigenvalue weighted by molar-refractivity contribution is 5.87. The van der Waals surface area contributed by atoms with Crippen LogP contribution in [-0.2, 0) is 16.9 Å². The molecule has 1 heterocycles. The molecule has 1 aromatic carbocycles. The van der Waals surface area contributed by atoms with Crippen molar-refractivity contribution in [3.63, 3.8) is 0 Å². The van der Waals surface area contributed by atoms with Gasteiger partial charge in [-0.1, -0.05) is 44.2 Å². The van der Waals surface area contributed by atoms with Gasteiger partial charge >= 0.3 is 6.03 Å². The number of amides is 3. The fourth-order valence-corrected chi connectivity index (χ4v) is 2.94. The summed E-state index contributed by atoms with van der Waals surface area (Å²) in [5.41, 5.74) is 2.31. The molecule has 0 fully saturated rings. The molecule has 0 spiro atoms. The van der Waals surface area contributed by atoms with Gasteiger partial charge in [0.15, 0.2) is 0 Å². The number of hydrogen-bond acceptors (Lipinski definition) is 3. The van der Waals surface area contributed by atoms with E-state index in [1.54, 1.807) is 18.4 Å². The molecule has 2 rings (SSSR count). The van der Waals surface area contributed by atoms with Gasteiger partial charge in [0.2, 0.25) is 5.91 Å². The predicted octanol–water partition coefficient (Wildman–Crippen LogP) is 4.19. The molecule has 2 aromatic rings. The predicted molar refractivity (Wildman–Crippen MR) is 115 cm³/mol. The fourth-order valence-electron chi connectivity index (χ4n) is 2.94. The minimum atomic E-state index is -0.664. The van der Waals surface area contributed by atoms with Crippen LogP contribution in [0.2, 0.25) is 0 Å². The Morgan fingerprint density at radius 1 is 1.17 bits per heavy atom. The highest BCUT2D eigenvalue weighted by Crippen LogP contribution is 2.23. The van der Waals surface area contributed by atoms with Gasteiger partial charge in [0.05, 0.1) is 18.3 Å². The van der Waals surface area contributed by atoms with E-state index < -0.39 is 17.6 Å². The lowest BCUT2D eigenvalue weighted by molar-refractivity contribution is -0.124. The molecule has 6 nitrogen and oxygen atoms in total. The molecule has 0 unspecified atom stereocenters. The third-order valence-electron chi connectivity index (χ3n) is 4.76. The van der Waals surface area contributed by atoms with E-state index in [2.05, 4.69) is 22.5 Å². The Kier molecular flexibility index (Phi) is 7.26. The summed E-state index contributed by atoms with van der Waals surface area (Å²) in [6.45, 7) is 13.8. The van der Waals surface area contributed by atoms with E-state index >= 15 is 0 Å².